The molecule has 1 aromatic rings. The Morgan fingerprint density at radius 1 is 1.19 bits per heavy atom. The minimum atomic E-state index is -0.525. The van der Waals surface area contributed by atoms with Gasteiger partial charge in [0.05, 0.1) is 5.92 Å². The zero-order valence-electron chi connectivity index (χ0n) is 16.6. The number of amides is 2. The normalized spacial score (nSPS) is 18.0. The number of carbonyl (C=O) groups excluding carboxylic acids is 3. The third-order valence-corrected chi connectivity index (χ3v) is 4.74. The highest BCUT2D eigenvalue weighted by molar-refractivity contribution is 5.92. The summed E-state index contributed by atoms with van der Waals surface area (Å²) in [7, 11) is 0. The van der Waals surface area contributed by atoms with Gasteiger partial charge in [-0.25, -0.2) is 0 Å². The SMILES string of the molecule is CC(=O)CC(C)(C)NC(=O)CCN1CCCC(C(=O)Nc2ccccc2)C1. The monoisotopic (exact) mass is 373 g/mol. The van der Waals surface area contributed by atoms with Crippen LogP contribution >= 0.6 is 0 Å². The van der Waals surface area contributed by atoms with E-state index in [1.54, 1.807) is 0 Å². The summed E-state index contributed by atoms with van der Waals surface area (Å²) in [5.41, 5.74) is 0.287. The largest absolute Gasteiger partial charge is 0.351 e. The van der Waals surface area contributed by atoms with Crippen molar-refractivity contribution < 1.29 is 14.4 Å². The van der Waals surface area contributed by atoms with Gasteiger partial charge in [0.25, 0.3) is 0 Å². The second-order valence-electron chi connectivity index (χ2n) is 8.06. The second kappa shape index (κ2) is 9.65. The van der Waals surface area contributed by atoms with Gasteiger partial charge < -0.3 is 15.5 Å². The fourth-order valence-corrected chi connectivity index (χ4v) is 3.60. The van der Waals surface area contributed by atoms with Crippen LogP contribution in [0, 0.1) is 5.92 Å². The summed E-state index contributed by atoms with van der Waals surface area (Å²) in [6, 6.07) is 9.47. The lowest BCUT2D eigenvalue weighted by atomic mass is 9.96. The molecule has 2 amide bonds. The number of hydrogen-bond donors (Lipinski definition) is 2. The Hall–Kier alpha value is -2.21. The van der Waals surface area contributed by atoms with Crippen LogP contribution in [0.4, 0.5) is 5.69 Å². The van der Waals surface area contributed by atoms with Crippen molar-refractivity contribution in [2.45, 2.75) is 52.0 Å². The van der Waals surface area contributed by atoms with E-state index in [-0.39, 0.29) is 23.5 Å². The van der Waals surface area contributed by atoms with Crippen molar-refractivity contribution in [3.8, 4) is 0 Å². The Balaban J connectivity index is 1.78. The number of piperidine rings is 1. The molecule has 1 aromatic carbocycles. The van der Waals surface area contributed by atoms with Gasteiger partial charge in [-0.2, -0.15) is 0 Å². The molecule has 1 saturated heterocycles. The number of likely N-dealkylation sites (tertiary alicyclic amines) is 1. The standard InChI is InChI=1S/C21H31N3O3/c1-16(25)14-21(2,3)23-19(26)11-13-24-12-7-8-17(15-24)20(27)22-18-9-5-4-6-10-18/h4-6,9-10,17H,7-8,11-15H2,1-3H3,(H,22,27)(H,23,26). The van der Waals surface area contributed by atoms with Gasteiger partial charge in [-0.3, -0.25) is 14.4 Å². The molecule has 148 valence electrons. The number of ketones is 1. The second-order valence-corrected chi connectivity index (χ2v) is 8.06. The quantitative estimate of drug-likeness (QED) is 0.734. The Kier molecular flexibility index (Phi) is 7.54. The summed E-state index contributed by atoms with van der Waals surface area (Å²) in [5.74, 6) is -0.0187. The van der Waals surface area contributed by atoms with Crippen LogP contribution in [0.15, 0.2) is 30.3 Å². The number of benzene rings is 1. The minimum Gasteiger partial charge on any atom is -0.351 e. The fourth-order valence-electron chi connectivity index (χ4n) is 3.60. The predicted molar refractivity (Wildman–Crippen MR) is 106 cm³/mol. The number of hydrogen-bond acceptors (Lipinski definition) is 4. The van der Waals surface area contributed by atoms with E-state index in [1.807, 2.05) is 44.2 Å². The van der Waals surface area contributed by atoms with Crippen LogP contribution < -0.4 is 10.6 Å². The maximum atomic E-state index is 12.5. The molecule has 0 aromatic heterocycles. The third kappa shape index (κ3) is 7.51. The topological polar surface area (TPSA) is 78.5 Å². The molecule has 0 aliphatic carbocycles. The van der Waals surface area contributed by atoms with Crippen molar-refractivity contribution >= 4 is 23.3 Å². The maximum absolute atomic E-state index is 12.5. The van der Waals surface area contributed by atoms with E-state index in [2.05, 4.69) is 15.5 Å². The Morgan fingerprint density at radius 3 is 2.56 bits per heavy atom. The van der Waals surface area contributed by atoms with Crippen LogP contribution in [0.25, 0.3) is 0 Å². The van der Waals surface area contributed by atoms with Crippen LogP contribution in [0.1, 0.15) is 46.5 Å². The van der Waals surface area contributed by atoms with Gasteiger partial charge in [-0.05, 0) is 52.3 Å². The highest BCUT2D eigenvalue weighted by atomic mass is 16.2. The van der Waals surface area contributed by atoms with Gasteiger partial charge >= 0.3 is 0 Å². The average molecular weight is 373 g/mol. The van der Waals surface area contributed by atoms with E-state index in [0.717, 1.165) is 25.1 Å². The molecule has 2 N–H and O–H groups in total. The molecule has 1 aliphatic heterocycles. The first-order valence-electron chi connectivity index (χ1n) is 9.64. The highest BCUT2D eigenvalue weighted by Crippen LogP contribution is 2.19. The summed E-state index contributed by atoms with van der Waals surface area (Å²) < 4.78 is 0. The van der Waals surface area contributed by atoms with Gasteiger partial charge in [0.15, 0.2) is 0 Å². The Morgan fingerprint density at radius 2 is 1.89 bits per heavy atom. The molecular formula is C21H31N3O3. The molecule has 1 aliphatic rings. The molecule has 1 heterocycles. The number of rotatable bonds is 8. The summed E-state index contributed by atoms with van der Waals surface area (Å²) >= 11 is 0. The number of carbonyl (C=O) groups is 3. The average Bonchev–Trinajstić information content (AvgIpc) is 2.59. The van der Waals surface area contributed by atoms with E-state index >= 15 is 0 Å². The van der Waals surface area contributed by atoms with Crippen LogP contribution in [-0.4, -0.2) is 47.7 Å². The van der Waals surface area contributed by atoms with Crippen molar-refractivity contribution in [2.24, 2.45) is 5.92 Å². The lowest BCUT2D eigenvalue weighted by Crippen LogP contribution is -2.46. The molecule has 1 atom stereocenters. The molecule has 0 spiro atoms. The van der Waals surface area contributed by atoms with E-state index in [1.165, 1.54) is 6.92 Å². The van der Waals surface area contributed by atoms with E-state index in [4.69, 9.17) is 0 Å². The molecule has 6 nitrogen and oxygen atoms in total. The van der Waals surface area contributed by atoms with Gasteiger partial charge in [0.2, 0.25) is 11.8 Å². The van der Waals surface area contributed by atoms with Crippen molar-refractivity contribution in [3.05, 3.63) is 30.3 Å². The predicted octanol–water partition coefficient (Wildman–Crippen LogP) is 2.60. The zero-order chi connectivity index (χ0) is 19.9. The minimum absolute atomic E-state index is 0.0398. The number of nitrogens with one attached hydrogen (secondary N) is 2. The molecule has 6 heteroatoms. The summed E-state index contributed by atoms with van der Waals surface area (Å²) in [5, 5.41) is 5.90. The number of para-hydroxylation sites is 1. The van der Waals surface area contributed by atoms with Crippen molar-refractivity contribution in [3.63, 3.8) is 0 Å². The molecule has 1 unspecified atom stereocenters. The zero-order valence-corrected chi connectivity index (χ0v) is 16.6. The fraction of sp³-hybridized carbons (Fsp3) is 0.571. The molecule has 1 fully saturated rings. The van der Waals surface area contributed by atoms with Crippen LogP contribution in [-0.2, 0) is 14.4 Å². The molecule has 0 saturated carbocycles. The lowest BCUT2D eigenvalue weighted by molar-refractivity contribution is -0.124. The highest BCUT2D eigenvalue weighted by Gasteiger charge is 2.27. The molecule has 0 radical (unpaired) electrons. The molecule has 0 bridgehead atoms. The van der Waals surface area contributed by atoms with E-state index in [0.29, 0.717) is 25.9 Å². The third-order valence-electron chi connectivity index (χ3n) is 4.74. The van der Waals surface area contributed by atoms with Crippen LogP contribution in [0.3, 0.4) is 0 Å². The van der Waals surface area contributed by atoms with Gasteiger partial charge in [0, 0.05) is 37.2 Å². The number of Topliss-reactive ketones (excluding diaryl/α,β-unsaturated/α-hetero) is 1. The van der Waals surface area contributed by atoms with E-state index in [9.17, 15) is 14.4 Å². The van der Waals surface area contributed by atoms with Gasteiger partial charge in [-0.15, -0.1) is 0 Å². The molecule has 27 heavy (non-hydrogen) atoms. The number of nitrogens with zero attached hydrogens (tertiary/aromatic N) is 1. The first-order chi connectivity index (χ1) is 12.7. The molecule has 2 rings (SSSR count). The number of anilines is 1. The Labute approximate surface area is 161 Å². The Bertz CT molecular complexity index is 658. The maximum Gasteiger partial charge on any atom is 0.228 e. The van der Waals surface area contributed by atoms with Crippen LogP contribution in [0.2, 0.25) is 0 Å². The molecular weight excluding hydrogens is 342 g/mol. The van der Waals surface area contributed by atoms with Crippen LogP contribution in [0.5, 0.6) is 0 Å². The lowest BCUT2D eigenvalue weighted by Gasteiger charge is -2.32. The smallest absolute Gasteiger partial charge is 0.228 e. The van der Waals surface area contributed by atoms with Gasteiger partial charge in [-0.1, -0.05) is 18.2 Å². The summed E-state index contributed by atoms with van der Waals surface area (Å²) in [6.45, 7) is 7.44. The van der Waals surface area contributed by atoms with Crippen molar-refractivity contribution in [1.29, 1.82) is 0 Å². The van der Waals surface area contributed by atoms with Crippen molar-refractivity contribution in [2.75, 3.05) is 25.0 Å². The van der Waals surface area contributed by atoms with E-state index < -0.39 is 5.54 Å². The van der Waals surface area contributed by atoms with Gasteiger partial charge in [0.1, 0.15) is 5.78 Å². The first kappa shape index (κ1) is 21.1. The first-order valence-corrected chi connectivity index (χ1v) is 9.64. The summed E-state index contributed by atoms with van der Waals surface area (Å²) in [4.78, 5) is 38.2. The van der Waals surface area contributed by atoms with Crippen molar-refractivity contribution in [1.82, 2.24) is 10.2 Å². The summed E-state index contributed by atoms with van der Waals surface area (Å²) in [6.07, 6.45) is 2.51.